The first-order valence-electron chi connectivity index (χ1n) is 5.68. The average Bonchev–Trinajstić information content (AvgIpc) is 2.57. The minimum atomic E-state index is 0.439. The van der Waals surface area contributed by atoms with Gasteiger partial charge in [0, 0.05) is 23.1 Å². The highest BCUT2D eigenvalue weighted by Crippen LogP contribution is 2.29. The minimum absolute atomic E-state index is 0.439. The summed E-state index contributed by atoms with van der Waals surface area (Å²) in [5.74, 6) is 2.19. The highest BCUT2D eigenvalue weighted by Gasteiger charge is 2.25. The van der Waals surface area contributed by atoms with Crippen molar-refractivity contribution in [3.8, 4) is 11.3 Å². The standard InChI is InChI=1S/C13H13BrN2O/c1-8-12(9-3-2-4-11(14)5-9)16-13(17-8)10-6-15-7-10/h2-5,10,15H,6-7H2,1H3. The molecule has 0 atom stereocenters. The molecule has 0 bridgehead atoms. The highest BCUT2D eigenvalue weighted by molar-refractivity contribution is 9.10. The molecule has 4 heteroatoms. The summed E-state index contributed by atoms with van der Waals surface area (Å²) in [7, 11) is 0. The Morgan fingerprint density at radius 2 is 2.24 bits per heavy atom. The number of rotatable bonds is 2. The van der Waals surface area contributed by atoms with Gasteiger partial charge in [0.2, 0.25) is 5.89 Å². The van der Waals surface area contributed by atoms with E-state index in [1.807, 2.05) is 19.1 Å². The van der Waals surface area contributed by atoms with Crippen LogP contribution in [0.25, 0.3) is 11.3 Å². The molecule has 88 valence electrons. The fraction of sp³-hybridized carbons (Fsp3) is 0.308. The van der Waals surface area contributed by atoms with E-state index in [9.17, 15) is 0 Å². The summed E-state index contributed by atoms with van der Waals surface area (Å²) in [6, 6.07) is 8.14. The molecule has 17 heavy (non-hydrogen) atoms. The molecule has 1 aliphatic rings. The van der Waals surface area contributed by atoms with Gasteiger partial charge in [0.25, 0.3) is 0 Å². The van der Waals surface area contributed by atoms with E-state index >= 15 is 0 Å². The van der Waals surface area contributed by atoms with Gasteiger partial charge in [-0.1, -0.05) is 28.1 Å². The van der Waals surface area contributed by atoms with Gasteiger partial charge in [0.15, 0.2) is 0 Å². The third-order valence-corrected chi connectivity index (χ3v) is 3.54. The molecule has 0 aliphatic carbocycles. The zero-order valence-electron chi connectivity index (χ0n) is 9.53. The van der Waals surface area contributed by atoms with Crippen LogP contribution in [0.4, 0.5) is 0 Å². The first-order valence-corrected chi connectivity index (χ1v) is 6.47. The summed E-state index contributed by atoms with van der Waals surface area (Å²) in [4.78, 5) is 4.62. The van der Waals surface area contributed by atoms with E-state index in [1.165, 1.54) is 0 Å². The Bertz CT molecular complexity index is 546. The topological polar surface area (TPSA) is 38.1 Å². The predicted octanol–water partition coefficient (Wildman–Crippen LogP) is 3.10. The molecular formula is C13H13BrN2O. The van der Waals surface area contributed by atoms with E-state index in [1.54, 1.807) is 0 Å². The van der Waals surface area contributed by atoms with Crippen molar-refractivity contribution in [2.45, 2.75) is 12.8 Å². The summed E-state index contributed by atoms with van der Waals surface area (Å²) < 4.78 is 6.81. The molecule has 1 aromatic carbocycles. The molecule has 0 amide bonds. The van der Waals surface area contributed by atoms with E-state index in [-0.39, 0.29) is 0 Å². The Morgan fingerprint density at radius 3 is 2.88 bits per heavy atom. The van der Waals surface area contributed by atoms with Gasteiger partial charge in [0.1, 0.15) is 11.5 Å². The van der Waals surface area contributed by atoms with E-state index in [4.69, 9.17) is 4.42 Å². The third-order valence-electron chi connectivity index (χ3n) is 3.04. The van der Waals surface area contributed by atoms with E-state index < -0.39 is 0 Å². The quantitative estimate of drug-likeness (QED) is 0.924. The van der Waals surface area contributed by atoms with Crippen LogP contribution in [0.2, 0.25) is 0 Å². The number of nitrogens with one attached hydrogen (secondary N) is 1. The third kappa shape index (κ3) is 2.03. The van der Waals surface area contributed by atoms with Crippen LogP contribution in [0, 0.1) is 6.92 Å². The SMILES string of the molecule is Cc1oc(C2CNC2)nc1-c1cccc(Br)c1. The molecule has 2 aromatic rings. The van der Waals surface area contributed by atoms with Crippen molar-refractivity contribution in [3.63, 3.8) is 0 Å². The van der Waals surface area contributed by atoms with Gasteiger partial charge in [-0.2, -0.15) is 0 Å². The maximum absolute atomic E-state index is 5.75. The Balaban J connectivity index is 1.99. The van der Waals surface area contributed by atoms with Gasteiger partial charge < -0.3 is 9.73 Å². The Kier molecular flexibility index (Phi) is 2.76. The number of aryl methyl sites for hydroxylation is 1. The fourth-order valence-electron chi connectivity index (χ4n) is 1.96. The molecule has 0 spiro atoms. The molecule has 1 aromatic heterocycles. The van der Waals surface area contributed by atoms with Crippen LogP contribution in [0.15, 0.2) is 33.2 Å². The van der Waals surface area contributed by atoms with Crippen molar-refractivity contribution in [3.05, 3.63) is 40.4 Å². The largest absolute Gasteiger partial charge is 0.445 e. The molecule has 1 saturated heterocycles. The second kappa shape index (κ2) is 4.27. The van der Waals surface area contributed by atoms with Gasteiger partial charge in [0.05, 0.1) is 5.92 Å². The Labute approximate surface area is 108 Å². The molecule has 3 rings (SSSR count). The minimum Gasteiger partial charge on any atom is -0.445 e. The van der Waals surface area contributed by atoms with Crippen molar-refractivity contribution in [1.29, 1.82) is 0 Å². The number of hydrogen-bond acceptors (Lipinski definition) is 3. The summed E-state index contributed by atoms with van der Waals surface area (Å²) in [5.41, 5.74) is 2.05. The van der Waals surface area contributed by atoms with Crippen molar-refractivity contribution in [1.82, 2.24) is 10.3 Å². The lowest BCUT2D eigenvalue weighted by Crippen LogP contribution is -2.40. The molecule has 0 unspecified atom stereocenters. The summed E-state index contributed by atoms with van der Waals surface area (Å²) >= 11 is 3.48. The fourth-order valence-corrected chi connectivity index (χ4v) is 2.36. The number of halogens is 1. The van der Waals surface area contributed by atoms with Crippen LogP contribution >= 0.6 is 15.9 Å². The monoisotopic (exact) mass is 292 g/mol. The molecule has 1 aliphatic heterocycles. The van der Waals surface area contributed by atoms with E-state index in [0.717, 1.165) is 40.5 Å². The van der Waals surface area contributed by atoms with Gasteiger partial charge in [-0.3, -0.25) is 0 Å². The zero-order valence-corrected chi connectivity index (χ0v) is 11.1. The van der Waals surface area contributed by atoms with Gasteiger partial charge in [-0.25, -0.2) is 4.98 Å². The lowest BCUT2D eigenvalue weighted by Gasteiger charge is -2.23. The van der Waals surface area contributed by atoms with Crippen LogP contribution in [0.5, 0.6) is 0 Å². The van der Waals surface area contributed by atoms with Crippen LogP contribution < -0.4 is 5.32 Å². The van der Waals surface area contributed by atoms with Gasteiger partial charge in [-0.15, -0.1) is 0 Å². The van der Waals surface area contributed by atoms with Crippen LogP contribution in [-0.2, 0) is 0 Å². The highest BCUT2D eigenvalue weighted by atomic mass is 79.9. The molecule has 0 saturated carbocycles. The first kappa shape index (κ1) is 11.0. The second-order valence-corrected chi connectivity index (χ2v) is 5.24. The number of nitrogens with zero attached hydrogens (tertiary/aromatic N) is 1. The number of hydrogen-bond donors (Lipinski definition) is 1. The van der Waals surface area contributed by atoms with Crippen molar-refractivity contribution in [2.75, 3.05) is 13.1 Å². The predicted molar refractivity (Wildman–Crippen MR) is 70.0 cm³/mol. The lowest BCUT2D eigenvalue weighted by molar-refractivity contribution is 0.350. The summed E-state index contributed by atoms with van der Waals surface area (Å²) in [6.45, 7) is 3.91. The Morgan fingerprint density at radius 1 is 1.41 bits per heavy atom. The average molecular weight is 293 g/mol. The molecule has 3 nitrogen and oxygen atoms in total. The van der Waals surface area contributed by atoms with Crippen LogP contribution in [-0.4, -0.2) is 18.1 Å². The van der Waals surface area contributed by atoms with E-state index in [0.29, 0.717) is 5.92 Å². The smallest absolute Gasteiger partial charge is 0.200 e. The van der Waals surface area contributed by atoms with Gasteiger partial charge >= 0.3 is 0 Å². The van der Waals surface area contributed by atoms with E-state index in [2.05, 4.69) is 38.4 Å². The number of aromatic nitrogens is 1. The second-order valence-electron chi connectivity index (χ2n) is 4.32. The number of oxazole rings is 1. The number of benzene rings is 1. The molecule has 1 N–H and O–H groups in total. The maximum atomic E-state index is 5.75. The lowest BCUT2D eigenvalue weighted by atomic mass is 10.0. The van der Waals surface area contributed by atoms with Crippen molar-refractivity contribution >= 4 is 15.9 Å². The van der Waals surface area contributed by atoms with Crippen molar-refractivity contribution < 1.29 is 4.42 Å². The summed E-state index contributed by atoms with van der Waals surface area (Å²) in [6.07, 6.45) is 0. The zero-order chi connectivity index (χ0) is 11.8. The maximum Gasteiger partial charge on any atom is 0.200 e. The molecular weight excluding hydrogens is 280 g/mol. The van der Waals surface area contributed by atoms with Crippen LogP contribution in [0.1, 0.15) is 17.6 Å². The molecule has 2 heterocycles. The first-order chi connectivity index (χ1) is 8.24. The van der Waals surface area contributed by atoms with Crippen LogP contribution in [0.3, 0.4) is 0 Å². The normalized spacial score (nSPS) is 15.9. The molecule has 0 radical (unpaired) electrons. The summed E-state index contributed by atoms with van der Waals surface area (Å²) in [5, 5.41) is 3.23. The van der Waals surface area contributed by atoms with Gasteiger partial charge in [-0.05, 0) is 19.1 Å². The Hall–Kier alpha value is -1.13. The van der Waals surface area contributed by atoms with Crippen molar-refractivity contribution in [2.24, 2.45) is 0 Å². The molecule has 1 fully saturated rings.